The van der Waals surface area contributed by atoms with Crippen molar-refractivity contribution in [3.8, 4) is 11.5 Å². The van der Waals surface area contributed by atoms with Crippen LogP contribution in [-0.2, 0) is 10.0 Å². The van der Waals surface area contributed by atoms with Crippen LogP contribution in [0.5, 0.6) is 11.5 Å². The lowest BCUT2D eigenvalue weighted by molar-refractivity contribution is 0.102. The van der Waals surface area contributed by atoms with Gasteiger partial charge in [0.2, 0.25) is 10.0 Å². The Morgan fingerprint density at radius 1 is 1.06 bits per heavy atom. The zero-order valence-electron chi connectivity index (χ0n) is 18.7. The molecule has 2 aromatic carbocycles. The van der Waals surface area contributed by atoms with Crippen LogP contribution in [0, 0.1) is 12.8 Å². The molecule has 7 nitrogen and oxygen atoms in total. The molecule has 0 radical (unpaired) electrons. The van der Waals surface area contributed by atoms with Gasteiger partial charge in [0.1, 0.15) is 16.4 Å². The number of aryl methyl sites for hydroxylation is 1. The van der Waals surface area contributed by atoms with Crippen LogP contribution in [0.15, 0.2) is 35.2 Å². The van der Waals surface area contributed by atoms with Crippen LogP contribution in [0.25, 0.3) is 0 Å². The van der Waals surface area contributed by atoms with Crippen molar-refractivity contribution in [1.82, 2.24) is 4.72 Å². The summed E-state index contributed by atoms with van der Waals surface area (Å²) in [4.78, 5) is 12.9. The fourth-order valence-corrected chi connectivity index (χ4v) is 5.63. The minimum Gasteiger partial charge on any atom is -0.495 e. The fourth-order valence-electron chi connectivity index (χ4n) is 3.91. The smallest absolute Gasteiger partial charge is 0.255 e. The van der Waals surface area contributed by atoms with E-state index in [1.54, 1.807) is 12.1 Å². The third-order valence-electron chi connectivity index (χ3n) is 5.86. The molecule has 2 N–H and O–H groups in total. The van der Waals surface area contributed by atoms with E-state index >= 15 is 0 Å². The molecule has 1 fully saturated rings. The number of sulfonamides is 1. The van der Waals surface area contributed by atoms with Crippen LogP contribution >= 0.6 is 11.6 Å². The molecule has 0 spiro atoms. The Morgan fingerprint density at radius 2 is 1.75 bits per heavy atom. The van der Waals surface area contributed by atoms with Crippen molar-refractivity contribution in [2.75, 3.05) is 19.5 Å². The highest BCUT2D eigenvalue weighted by molar-refractivity contribution is 7.89. The van der Waals surface area contributed by atoms with Gasteiger partial charge in [0.15, 0.2) is 0 Å². The van der Waals surface area contributed by atoms with Gasteiger partial charge >= 0.3 is 0 Å². The maximum atomic E-state index is 13.2. The Hall–Kier alpha value is -2.29. The molecule has 0 aromatic heterocycles. The van der Waals surface area contributed by atoms with Crippen molar-refractivity contribution in [2.24, 2.45) is 5.92 Å². The fraction of sp³-hybridized carbons (Fsp3) is 0.435. The number of ether oxygens (including phenoxy) is 2. The summed E-state index contributed by atoms with van der Waals surface area (Å²) in [6.45, 7) is 3.86. The van der Waals surface area contributed by atoms with Crippen molar-refractivity contribution >= 4 is 33.2 Å². The van der Waals surface area contributed by atoms with Gasteiger partial charge in [-0.1, -0.05) is 31.4 Å². The standard InChI is InChI=1S/C23H29ClN2O5S/c1-14-7-5-6-8-18(14)26-32(28,29)22-12-16(9-10-20(22)30-3)23(27)25-19-11-15(2)17(24)13-21(19)31-4/h9-14,18,26H,5-8H2,1-4H3,(H,25,27)/t14-,18-/m1/s1. The molecule has 0 aliphatic heterocycles. The average Bonchev–Trinajstić information content (AvgIpc) is 2.77. The average molecular weight is 481 g/mol. The largest absolute Gasteiger partial charge is 0.495 e. The minimum absolute atomic E-state index is 0.0651. The Kier molecular flexibility index (Phi) is 7.69. The van der Waals surface area contributed by atoms with Gasteiger partial charge < -0.3 is 14.8 Å². The molecule has 1 saturated carbocycles. The molecule has 9 heteroatoms. The zero-order chi connectivity index (χ0) is 23.5. The van der Waals surface area contributed by atoms with E-state index in [2.05, 4.69) is 17.0 Å². The first-order valence-corrected chi connectivity index (χ1v) is 12.4. The van der Waals surface area contributed by atoms with Gasteiger partial charge in [0, 0.05) is 22.7 Å². The SMILES string of the molecule is COc1cc(Cl)c(C)cc1NC(=O)c1ccc(OC)c(S(=O)(=O)N[C@@H]2CCCC[C@H]2C)c1. The van der Waals surface area contributed by atoms with Gasteiger partial charge in [0.05, 0.1) is 19.9 Å². The molecule has 2 aromatic rings. The molecule has 2 atom stereocenters. The van der Waals surface area contributed by atoms with Gasteiger partial charge in [-0.25, -0.2) is 13.1 Å². The third kappa shape index (κ3) is 5.36. The molecular weight excluding hydrogens is 452 g/mol. The number of carbonyl (C=O) groups is 1. The Bertz CT molecular complexity index is 1100. The van der Waals surface area contributed by atoms with Crippen LogP contribution in [0.4, 0.5) is 5.69 Å². The highest BCUT2D eigenvalue weighted by atomic mass is 35.5. The number of hydrogen-bond donors (Lipinski definition) is 2. The lowest BCUT2D eigenvalue weighted by Crippen LogP contribution is -2.41. The van der Waals surface area contributed by atoms with E-state index in [1.165, 1.54) is 32.4 Å². The molecule has 0 saturated heterocycles. The molecule has 3 rings (SSSR count). The topological polar surface area (TPSA) is 93.7 Å². The van der Waals surface area contributed by atoms with Crippen LogP contribution in [-0.4, -0.2) is 34.6 Å². The van der Waals surface area contributed by atoms with E-state index in [9.17, 15) is 13.2 Å². The van der Waals surface area contributed by atoms with E-state index in [-0.39, 0.29) is 28.2 Å². The summed E-state index contributed by atoms with van der Waals surface area (Å²) in [6, 6.07) is 7.51. The summed E-state index contributed by atoms with van der Waals surface area (Å²) >= 11 is 6.13. The lowest BCUT2D eigenvalue weighted by atomic mass is 9.87. The Labute approximate surface area is 194 Å². The third-order valence-corrected chi connectivity index (χ3v) is 7.78. The number of anilines is 1. The lowest BCUT2D eigenvalue weighted by Gasteiger charge is -2.29. The highest BCUT2D eigenvalue weighted by Gasteiger charge is 2.29. The molecule has 0 heterocycles. The molecule has 1 aliphatic carbocycles. The number of benzene rings is 2. The van der Waals surface area contributed by atoms with Crippen LogP contribution < -0.4 is 19.5 Å². The van der Waals surface area contributed by atoms with E-state index in [1.807, 2.05) is 6.92 Å². The second-order valence-corrected chi connectivity index (χ2v) is 10.2. The van der Waals surface area contributed by atoms with Crippen molar-refractivity contribution in [1.29, 1.82) is 0 Å². The van der Waals surface area contributed by atoms with Crippen LogP contribution in [0.1, 0.15) is 48.5 Å². The predicted octanol–water partition coefficient (Wildman–Crippen LogP) is 4.77. The number of methoxy groups -OCH3 is 2. The van der Waals surface area contributed by atoms with Gasteiger partial charge in [-0.15, -0.1) is 0 Å². The summed E-state index contributed by atoms with van der Waals surface area (Å²) in [5.74, 6) is 0.354. The number of hydrogen-bond acceptors (Lipinski definition) is 5. The van der Waals surface area contributed by atoms with E-state index in [0.717, 1.165) is 31.2 Å². The normalized spacial score (nSPS) is 18.8. The summed E-state index contributed by atoms with van der Waals surface area (Å²) in [5, 5.41) is 3.29. The van der Waals surface area contributed by atoms with Gasteiger partial charge in [-0.05, 0) is 55.5 Å². The molecule has 1 amide bonds. The van der Waals surface area contributed by atoms with Crippen LogP contribution in [0.3, 0.4) is 0 Å². The second kappa shape index (κ2) is 10.1. The first kappa shape index (κ1) is 24.4. The number of halogens is 1. The van der Waals surface area contributed by atoms with Crippen molar-refractivity contribution in [3.63, 3.8) is 0 Å². The van der Waals surface area contributed by atoms with E-state index in [0.29, 0.717) is 16.5 Å². The van der Waals surface area contributed by atoms with E-state index < -0.39 is 15.9 Å². The van der Waals surface area contributed by atoms with Crippen molar-refractivity contribution < 1.29 is 22.7 Å². The quantitative estimate of drug-likeness (QED) is 0.595. The molecule has 174 valence electrons. The summed E-state index contributed by atoms with van der Waals surface area (Å²) in [5.41, 5.74) is 1.39. The van der Waals surface area contributed by atoms with Crippen molar-refractivity contribution in [3.05, 3.63) is 46.5 Å². The maximum Gasteiger partial charge on any atom is 0.255 e. The zero-order valence-corrected chi connectivity index (χ0v) is 20.3. The predicted molar refractivity (Wildman–Crippen MR) is 125 cm³/mol. The molecule has 1 aliphatic rings. The molecular formula is C23H29ClN2O5S. The second-order valence-electron chi connectivity index (χ2n) is 8.11. The number of amides is 1. The van der Waals surface area contributed by atoms with Crippen LogP contribution in [0.2, 0.25) is 5.02 Å². The molecule has 0 unspecified atom stereocenters. The summed E-state index contributed by atoms with van der Waals surface area (Å²) in [7, 11) is -1.01. The molecule has 0 bridgehead atoms. The number of nitrogens with one attached hydrogen (secondary N) is 2. The molecule has 32 heavy (non-hydrogen) atoms. The Morgan fingerprint density at radius 3 is 2.41 bits per heavy atom. The van der Waals surface area contributed by atoms with Gasteiger partial charge in [-0.3, -0.25) is 4.79 Å². The van der Waals surface area contributed by atoms with E-state index in [4.69, 9.17) is 21.1 Å². The summed E-state index contributed by atoms with van der Waals surface area (Å²) < 4.78 is 39.8. The number of carbonyl (C=O) groups excluding carboxylic acids is 1. The number of rotatable bonds is 7. The Balaban J connectivity index is 1.90. The van der Waals surface area contributed by atoms with Crippen molar-refractivity contribution in [2.45, 2.75) is 50.5 Å². The highest BCUT2D eigenvalue weighted by Crippen LogP contribution is 2.32. The first-order valence-electron chi connectivity index (χ1n) is 10.5. The minimum atomic E-state index is -3.89. The summed E-state index contributed by atoms with van der Waals surface area (Å²) in [6.07, 6.45) is 3.86. The monoisotopic (exact) mass is 480 g/mol. The van der Waals surface area contributed by atoms with Gasteiger partial charge in [-0.2, -0.15) is 0 Å². The maximum absolute atomic E-state index is 13.2. The first-order chi connectivity index (χ1) is 15.2. The van der Waals surface area contributed by atoms with Gasteiger partial charge in [0.25, 0.3) is 5.91 Å².